The van der Waals surface area contributed by atoms with Crippen molar-refractivity contribution in [2.45, 2.75) is 6.92 Å². The Morgan fingerprint density at radius 1 is 1.25 bits per heavy atom. The summed E-state index contributed by atoms with van der Waals surface area (Å²) in [5, 5.41) is 3.31. The molecule has 0 aliphatic heterocycles. The predicted molar refractivity (Wildman–Crippen MR) is 74.9 cm³/mol. The number of hydrogen-bond acceptors (Lipinski definition) is 3. The number of nitrogens with zero attached hydrogens (tertiary/aromatic N) is 1. The van der Waals surface area contributed by atoms with Crippen molar-refractivity contribution < 1.29 is 13.5 Å². The van der Waals surface area contributed by atoms with Crippen molar-refractivity contribution in [3.8, 4) is 11.6 Å². The summed E-state index contributed by atoms with van der Waals surface area (Å²) in [5.41, 5.74) is 0. The lowest BCUT2D eigenvalue weighted by molar-refractivity contribution is 0.406. The Labute approximate surface area is 124 Å². The van der Waals surface area contributed by atoms with Gasteiger partial charge in [0.25, 0.3) is 0 Å². The Kier molecular flexibility index (Phi) is 4.62. The zero-order chi connectivity index (χ0) is 14.7. The monoisotopic (exact) mass is 318 g/mol. The second-order valence-corrected chi connectivity index (χ2v) is 4.60. The number of benzene rings is 1. The van der Waals surface area contributed by atoms with Gasteiger partial charge in [-0.15, -0.1) is 0 Å². The van der Waals surface area contributed by atoms with Crippen molar-refractivity contribution in [1.29, 1.82) is 0 Å². The Bertz CT molecular complexity index is 638. The minimum absolute atomic E-state index is 0.0588. The van der Waals surface area contributed by atoms with Crippen LogP contribution in [-0.2, 0) is 0 Å². The molecular formula is C13H10Cl2F2N2O. The van der Waals surface area contributed by atoms with Gasteiger partial charge in [-0.25, -0.2) is 4.39 Å². The first kappa shape index (κ1) is 14.8. The van der Waals surface area contributed by atoms with E-state index in [1.807, 2.05) is 6.92 Å². The van der Waals surface area contributed by atoms with Crippen molar-refractivity contribution in [1.82, 2.24) is 4.98 Å². The van der Waals surface area contributed by atoms with Crippen molar-refractivity contribution in [2.24, 2.45) is 0 Å². The van der Waals surface area contributed by atoms with Crippen molar-refractivity contribution in [2.75, 3.05) is 11.9 Å². The van der Waals surface area contributed by atoms with Crippen LogP contribution >= 0.6 is 23.2 Å². The molecule has 0 aliphatic carbocycles. The Balaban J connectivity index is 2.38. The third-order valence-corrected chi connectivity index (χ3v) is 2.92. The number of hydrogen-bond donors (Lipinski definition) is 1. The number of nitrogens with one attached hydrogen (secondary N) is 1. The van der Waals surface area contributed by atoms with Crippen molar-refractivity contribution >= 4 is 29.0 Å². The quantitative estimate of drug-likeness (QED) is 0.871. The van der Waals surface area contributed by atoms with E-state index in [4.69, 9.17) is 27.9 Å². The van der Waals surface area contributed by atoms with Gasteiger partial charge in [0, 0.05) is 6.54 Å². The van der Waals surface area contributed by atoms with Gasteiger partial charge in [0.1, 0.15) is 10.8 Å². The van der Waals surface area contributed by atoms with Crippen molar-refractivity contribution in [3.63, 3.8) is 0 Å². The van der Waals surface area contributed by atoms with Gasteiger partial charge in [-0.2, -0.15) is 9.37 Å². The summed E-state index contributed by atoms with van der Waals surface area (Å²) in [6, 6.07) is 5.00. The number of rotatable bonds is 4. The molecule has 0 saturated heterocycles. The maximum atomic E-state index is 13.5. The summed E-state index contributed by atoms with van der Waals surface area (Å²) < 4.78 is 31.8. The van der Waals surface area contributed by atoms with Gasteiger partial charge in [0.15, 0.2) is 11.6 Å². The molecule has 0 aliphatic rings. The number of aromatic nitrogens is 1. The lowest BCUT2D eigenvalue weighted by Crippen LogP contribution is -2.02. The molecule has 0 amide bonds. The molecule has 1 aromatic carbocycles. The highest BCUT2D eigenvalue weighted by Gasteiger charge is 2.15. The zero-order valence-corrected chi connectivity index (χ0v) is 11.9. The van der Waals surface area contributed by atoms with E-state index in [1.165, 1.54) is 18.2 Å². The standard InChI is InChI=1S/C13H10Cl2F2N2O/c1-2-18-12-7(14)6-8(15)13(19-12)20-10-5-3-4-9(16)11(10)17/h3-6H,2H2,1H3,(H,18,19). The smallest absolute Gasteiger partial charge is 0.240 e. The Morgan fingerprint density at radius 2 is 2.00 bits per heavy atom. The summed E-state index contributed by atoms with van der Waals surface area (Å²) in [6.45, 7) is 2.45. The van der Waals surface area contributed by atoms with Gasteiger partial charge >= 0.3 is 0 Å². The molecule has 0 radical (unpaired) electrons. The molecule has 1 aromatic heterocycles. The largest absolute Gasteiger partial charge is 0.434 e. The van der Waals surface area contributed by atoms with Gasteiger partial charge < -0.3 is 10.1 Å². The summed E-state index contributed by atoms with van der Waals surface area (Å²) in [7, 11) is 0. The molecule has 0 unspecified atom stereocenters. The van der Waals surface area contributed by atoms with E-state index in [9.17, 15) is 8.78 Å². The fourth-order valence-electron chi connectivity index (χ4n) is 1.48. The van der Waals surface area contributed by atoms with E-state index in [2.05, 4.69) is 10.3 Å². The molecule has 106 valence electrons. The first-order chi connectivity index (χ1) is 9.52. The van der Waals surface area contributed by atoms with Crippen LogP contribution < -0.4 is 10.1 Å². The SMILES string of the molecule is CCNc1nc(Oc2cccc(F)c2F)c(Cl)cc1Cl. The molecule has 1 N–H and O–H groups in total. The highest BCUT2D eigenvalue weighted by atomic mass is 35.5. The maximum Gasteiger partial charge on any atom is 0.240 e. The second-order valence-electron chi connectivity index (χ2n) is 3.79. The summed E-state index contributed by atoms with van der Waals surface area (Å²) in [4.78, 5) is 4.04. The van der Waals surface area contributed by atoms with Crippen LogP contribution in [0.2, 0.25) is 10.0 Å². The zero-order valence-electron chi connectivity index (χ0n) is 10.4. The molecule has 0 saturated carbocycles. The van der Waals surface area contributed by atoms with Crippen LogP contribution in [0.1, 0.15) is 6.92 Å². The molecule has 0 atom stereocenters. The molecule has 0 spiro atoms. The normalized spacial score (nSPS) is 10.4. The third-order valence-electron chi connectivity index (χ3n) is 2.36. The minimum Gasteiger partial charge on any atom is -0.434 e. The van der Waals surface area contributed by atoms with E-state index in [0.29, 0.717) is 17.4 Å². The fraction of sp³-hybridized carbons (Fsp3) is 0.154. The number of ether oxygens (including phenoxy) is 1. The van der Waals surface area contributed by atoms with Crippen LogP contribution in [-0.4, -0.2) is 11.5 Å². The van der Waals surface area contributed by atoms with Crippen molar-refractivity contribution in [3.05, 3.63) is 45.9 Å². The fourth-order valence-corrected chi connectivity index (χ4v) is 1.94. The molecule has 0 bridgehead atoms. The molecule has 0 fully saturated rings. The molecule has 2 aromatic rings. The summed E-state index contributed by atoms with van der Waals surface area (Å²) in [5.74, 6) is -2.13. The summed E-state index contributed by atoms with van der Waals surface area (Å²) >= 11 is 11.9. The van der Waals surface area contributed by atoms with E-state index in [1.54, 1.807) is 0 Å². The molecule has 1 heterocycles. The van der Waals surface area contributed by atoms with E-state index in [0.717, 1.165) is 6.07 Å². The number of anilines is 1. The van der Waals surface area contributed by atoms with Crippen LogP contribution in [0.3, 0.4) is 0 Å². The van der Waals surface area contributed by atoms with Gasteiger partial charge in [0.2, 0.25) is 11.7 Å². The third kappa shape index (κ3) is 3.11. The van der Waals surface area contributed by atoms with Crippen LogP contribution in [0, 0.1) is 11.6 Å². The second kappa shape index (κ2) is 6.24. The minimum atomic E-state index is -1.11. The molecular weight excluding hydrogens is 309 g/mol. The predicted octanol–water partition coefficient (Wildman–Crippen LogP) is 4.89. The highest BCUT2D eigenvalue weighted by Crippen LogP contribution is 2.34. The van der Waals surface area contributed by atoms with Crippen LogP contribution in [0.5, 0.6) is 11.6 Å². The van der Waals surface area contributed by atoms with Gasteiger partial charge in [0.05, 0.1) is 5.02 Å². The lowest BCUT2D eigenvalue weighted by Gasteiger charge is -2.11. The van der Waals surface area contributed by atoms with E-state index in [-0.39, 0.29) is 16.7 Å². The van der Waals surface area contributed by atoms with Crippen LogP contribution in [0.15, 0.2) is 24.3 Å². The lowest BCUT2D eigenvalue weighted by atomic mass is 10.3. The highest BCUT2D eigenvalue weighted by molar-refractivity contribution is 6.36. The Hall–Kier alpha value is -1.59. The van der Waals surface area contributed by atoms with Gasteiger partial charge in [-0.05, 0) is 25.1 Å². The molecule has 20 heavy (non-hydrogen) atoms. The Morgan fingerprint density at radius 3 is 2.70 bits per heavy atom. The molecule has 2 rings (SSSR count). The maximum absolute atomic E-state index is 13.5. The average Bonchev–Trinajstić information content (AvgIpc) is 2.40. The summed E-state index contributed by atoms with van der Waals surface area (Å²) in [6.07, 6.45) is 0. The number of pyridine rings is 1. The topological polar surface area (TPSA) is 34.2 Å². The van der Waals surface area contributed by atoms with Gasteiger partial charge in [-0.3, -0.25) is 0 Å². The van der Waals surface area contributed by atoms with Gasteiger partial charge in [-0.1, -0.05) is 29.3 Å². The van der Waals surface area contributed by atoms with E-state index < -0.39 is 11.6 Å². The molecule has 3 nitrogen and oxygen atoms in total. The molecule has 7 heteroatoms. The van der Waals surface area contributed by atoms with E-state index >= 15 is 0 Å². The number of halogens is 4. The average molecular weight is 319 g/mol. The first-order valence-corrected chi connectivity index (χ1v) is 6.50. The van der Waals surface area contributed by atoms with Crippen LogP contribution in [0.4, 0.5) is 14.6 Å². The van der Waals surface area contributed by atoms with Crippen LogP contribution in [0.25, 0.3) is 0 Å². The first-order valence-electron chi connectivity index (χ1n) is 5.74.